The second-order valence-corrected chi connectivity index (χ2v) is 5.17. The van der Waals surface area contributed by atoms with Gasteiger partial charge >= 0.3 is 6.36 Å². The Labute approximate surface area is 141 Å². The summed E-state index contributed by atoms with van der Waals surface area (Å²) in [7, 11) is 0. The molecule has 0 unspecified atom stereocenters. The topological polar surface area (TPSA) is 50.4 Å². The highest BCUT2D eigenvalue weighted by atomic mass is 19.4. The van der Waals surface area contributed by atoms with Gasteiger partial charge in [0.15, 0.2) is 0 Å². The van der Waals surface area contributed by atoms with Gasteiger partial charge in [-0.2, -0.15) is 0 Å². The van der Waals surface area contributed by atoms with Crippen LogP contribution in [0.4, 0.5) is 28.9 Å². The minimum absolute atomic E-state index is 0.343. The zero-order chi connectivity index (χ0) is 18.4. The Morgan fingerprint density at radius 2 is 1.60 bits per heavy atom. The molecule has 4 nitrogen and oxygen atoms in total. The van der Waals surface area contributed by atoms with Crippen LogP contribution in [0.3, 0.4) is 0 Å². The van der Waals surface area contributed by atoms with E-state index in [1.54, 1.807) is 6.92 Å². The Balaban J connectivity index is 1.98. The first-order chi connectivity index (χ1) is 11.8. The fraction of sp³-hybridized carbons (Fsp3) is 0.235. The molecule has 1 amide bonds. The largest absolute Gasteiger partial charge is 0.573 e. The molecule has 2 N–H and O–H groups in total. The highest BCUT2D eigenvalue weighted by Gasteiger charge is 2.31. The van der Waals surface area contributed by atoms with Gasteiger partial charge in [0, 0.05) is 11.4 Å². The van der Waals surface area contributed by atoms with Gasteiger partial charge in [-0.1, -0.05) is 6.92 Å². The molecule has 0 aliphatic rings. The lowest BCUT2D eigenvalue weighted by molar-refractivity contribution is -0.274. The fourth-order valence-corrected chi connectivity index (χ4v) is 2.07. The van der Waals surface area contributed by atoms with Crippen molar-refractivity contribution in [1.29, 1.82) is 0 Å². The number of rotatable bonds is 6. The zero-order valence-electron chi connectivity index (χ0n) is 13.2. The van der Waals surface area contributed by atoms with Crippen molar-refractivity contribution in [1.82, 2.24) is 0 Å². The van der Waals surface area contributed by atoms with Gasteiger partial charge in [0.2, 0.25) is 5.91 Å². The van der Waals surface area contributed by atoms with Crippen molar-refractivity contribution in [3.8, 4) is 5.75 Å². The third kappa shape index (κ3) is 5.98. The van der Waals surface area contributed by atoms with Gasteiger partial charge < -0.3 is 15.4 Å². The van der Waals surface area contributed by atoms with E-state index >= 15 is 0 Å². The molecule has 8 heteroatoms. The summed E-state index contributed by atoms with van der Waals surface area (Å²) in [5.74, 6) is -1.10. The summed E-state index contributed by atoms with van der Waals surface area (Å²) in [6.45, 7) is 1.78. The maximum Gasteiger partial charge on any atom is 0.573 e. The van der Waals surface area contributed by atoms with Crippen molar-refractivity contribution in [3.05, 3.63) is 54.3 Å². The van der Waals surface area contributed by atoms with E-state index in [0.717, 1.165) is 12.1 Å². The van der Waals surface area contributed by atoms with Gasteiger partial charge in [0.1, 0.15) is 17.6 Å². The van der Waals surface area contributed by atoms with Gasteiger partial charge in [-0.05, 0) is 55.0 Å². The molecule has 134 valence electrons. The van der Waals surface area contributed by atoms with Gasteiger partial charge in [-0.15, -0.1) is 13.2 Å². The first-order valence-corrected chi connectivity index (χ1v) is 7.45. The van der Waals surface area contributed by atoms with Gasteiger partial charge in [-0.3, -0.25) is 4.79 Å². The summed E-state index contributed by atoms with van der Waals surface area (Å²) in [6, 6.07) is 9.78. The number of carbonyl (C=O) groups is 1. The highest BCUT2D eigenvalue weighted by molar-refractivity contribution is 5.96. The molecule has 0 aliphatic carbocycles. The van der Waals surface area contributed by atoms with Gasteiger partial charge in [0.25, 0.3) is 0 Å². The van der Waals surface area contributed by atoms with E-state index in [2.05, 4.69) is 15.4 Å². The molecule has 0 spiro atoms. The maximum atomic E-state index is 12.9. The van der Waals surface area contributed by atoms with E-state index in [4.69, 9.17) is 0 Å². The molecule has 2 rings (SSSR count). The van der Waals surface area contributed by atoms with Crippen LogP contribution in [0, 0.1) is 5.82 Å². The standard InChI is InChI=1S/C17H16F4N2O2/c1-2-15(16(24)23-13-5-3-11(18)4-6-13)22-12-7-9-14(10-8-12)25-17(19,20)21/h3-10,15,22H,2H2,1H3,(H,23,24)/t15-/m0/s1. The van der Waals surface area contributed by atoms with Gasteiger partial charge in [0.05, 0.1) is 0 Å². The van der Waals surface area contributed by atoms with Gasteiger partial charge in [-0.25, -0.2) is 4.39 Å². The molecule has 2 aromatic carbocycles. The zero-order valence-corrected chi connectivity index (χ0v) is 13.2. The molecule has 0 saturated heterocycles. The van der Waals surface area contributed by atoms with Crippen molar-refractivity contribution in [3.63, 3.8) is 0 Å². The number of hydrogen-bond donors (Lipinski definition) is 2. The van der Waals surface area contributed by atoms with Crippen LogP contribution in [0.5, 0.6) is 5.75 Å². The molecule has 0 fully saturated rings. The summed E-state index contributed by atoms with van der Waals surface area (Å²) in [5.41, 5.74) is 0.913. The SMILES string of the molecule is CC[C@H](Nc1ccc(OC(F)(F)F)cc1)C(=O)Nc1ccc(F)cc1. The fourth-order valence-electron chi connectivity index (χ4n) is 2.07. The van der Waals surface area contributed by atoms with Crippen LogP contribution in [-0.4, -0.2) is 18.3 Å². The van der Waals surface area contributed by atoms with Crippen LogP contribution >= 0.6 is 0 Å². The minimum Gasteiger partial charge on any atom is -0.406 e. The third-order valence-electron chi connectivity index (χ3n) is 3.27. The summed E-state index contributed by atoms with van der Waals surface area (Å²) in [6.07, 6.45) is -4.32. The summed E-state index contributed by atoms with van der Waals surface area (Å²) < 4.78 is 53.0. The van der Waals surface area contributed by atoms with Crippen molar-refractivity contribution < 1.29 is 27.1 Å². The van der Waals surface area contributed by atoms with Crippen molar-refractivity contribution >= 4 is 17.3 Å². The predicted molar refractivity (Wildman–Crippen MR) is 85.9 cm³/mol. The van der Waals surface area contributed by atoms with Crippen molar-refractivity contribution in [2.75, 3.05) is 10.6 Å². The van der Waals surface area contributed by atoms with Crippen LogP contribution in [0.2, 0.25) is 0 Å². The van der Waals surface area contributed by atoms with E-state index in [0.29, 0.717) is 17.8 Å². The normalized spacial score (nSPS) is 12.4. The summed E-state index contributed by atoms with van der Waals surface area (Å²) >= 11 is 0. The molecule has 0 aliphatic heterocycles. The smallest absolute Gasteiger partial charge is 0.406 e. The molecule has 0 heterocycles. The molecule has 0 saturated carbocycles. The van der Waals surface area contributed by atoms with Crippen LogP contribution in [0.25, 0.3) is 0 Å². The number of nitrogens with one attached hydrogen (secondary N) is 2. The quantitative estimate of drug-likeness (QED) is 0.747. The van der Waals surface area contributed by atoms with Crippen molar-refractivity contribution in [2.45, 2.75) is 25.7 Å². The minimum atomic E-state index is -4.75. The summed E-state index contributed by atoms with van der Waals surface area (Å²) in [5, 5.41) is 5.57. The van der Waals surface area contributed by atoms with Crippen molar-refractivity contribution in [2.24, 2.45) is 0 Å². The van der Waals surface area contributed by atoms with E-state index in [1.165, 1.54) is 36.4 Å². The molecule has 0 radical (unpaired) electrons. The predicted octanol–water partition coefficient (Wildman–Crippen LogP) is 4.55. The number of alkyl halides is 3. The van der Waals surface area contributed by atoms with E-state index in [-0.39, 0.29) is 11.7 Å². The van der Waals surface area contributed by atoms with Crippen LogP contribution in [-0.2, 0) is 4.79 Å². The molecule has 1 atom stereocenters. The summed E-state index contributed by atoms with van der Waals surface area (Å²) in [4.78, 5) is 12.2. The molecular formula is C17H16F4N2O2. The Kier molecular flexibility index (Phi) is 5.84. The monoisotopic (exact) mass is 356 g/mol. The number of ether oxygens (including phenoxy) is 1. The highest BCUT2D eigenvalue weighted by Crippen LogP contribution is 2.24. The first kappa shape index (κ1) is 18.6. The van der Waals surface area contributed by atoms with E-state index < -0.39 is 18.2 Å². The first-order valence-electron chi connectivity index (χ1n) is 7.45. The number of carbonyl (C=O) groups excluding carboxylic acids is 1. The molecule has 0 bridgehead atoms. The molecule has 25 heavy (non-hydrogen) atoms. The number of amides is 1. The average molecular weight is 356 g/mol. The van der Waals surface area contributed by atoms with Crippen LogP contribution in [0.15, 0.2) is 48.5 Å². The third-order valence-corrected chi connectivity index (χ3v) is 3.27. The van der Waals surface area contributed by atoms with Crippen LogP contribution < -0.4 is 15.4 Å². The lowest BCUT2D eigenvalue weighted by atomic mass is 10.2. The number of benzene rings is 2. The molecule has 2 aromatic rings. The Bertz CT molecular complexity index is 700. The Morgan fingerprint density at radius 3 is 2.12 bits per heavy atom. The molecule has 0 aromatic heterocycles. The maximum absolute atomic E-state index is 12.9. The van der Waals surface area contributed by atoms with Crippen LogP contribution in [0.1, 0.15) is 13.3 Å². The number of halogens is 4. The Hall–Kier alpha value is -2.77. The second kappa shape index (κ2) is 7.87. The second-order valence-electron chi connectivity index (χ2n) is 5.17. The number of anilines is 2. The molecular weight excluding hydrogens is 340 g/mol. The lowest BCUT2D eigenvalue weighted by Gasteiger charge is -2.18. The van der Waals surface area contributed by atoms with E-state index in [1.807, 2.05) is 0 Å². The average Bonchev–Trinajstić information content (AvgIpc) is 2.54. The Morgan fingerprint density at radius 1 is 1.04 bits per heavy atom. The lowest BCUT2D eigenvalue weighted by Crippen LogP contribution is -2.34. The number of hydrogen-bond acceptors (Lipinski definition) is 3. The van der Waals surface area contributed by atoms with E-state index in [9.17, 15) is 22.4 Å².